The van der Waals surface area contributed by atoms with E-state index in [0.717, 1.165) is 5.56 Å². The van der Waals surface area contributed by atoms with Gasteiger partial charge in [-0.3, -0.25) is 4.79 Å². The number of aryl methyl sites for hydroxylation is 1. The van der Waals surface area contributed by atoms with Gasteiger partial charge >= 0.3 is 0 Å². The molecular weight excluding hydrogens is 210 g/mol. The third-order valence-corrected chi connectivity index (χ3v) is 2.94. The number of anilines is 1. The number of nitrogens with zero attached hydrogens (tertiary/aromatic N) is 1. The van der Waals surface area contributed by atoms with E-state index >= 15 is 0 Å². The molecule has 15 heavy (non-hydrogen) atoms. The van der Waals surface area contributed by atoms with Gasteiger partial charge in [0.25, 0.3) is 0 Å². The van der Waals surface area contributed by atoms with Gasteiger partial charge in [0, 0.05) is 18.2 Å². The Kier molecular flexibility index (Phi) is 2.61. The van der Waals surface area contributed by atoms with Gasteiger partial charge in [-0.15, -0.1) is 0 Å². The minimum atomic E-state index is 0.0274. The minimum Gasteiger partial charge on any atom is -0.506 e. The van der Waals surface area contributed by atoms with Crippen LogP contribution in [0.25, 0.3) is 0 Å². The summed E-state index contributed by atoms with van der Waals surface area (Å²) in [6.07, 6.45) is 0.441. The number of benzene rings is 1. The van der Waals surface area contributed by atoms with E-state index < -0.39 is 0 Å². The van der Waals surface area contributed by atoms with Crippen molar-refractivity contribution in [1.82, 2.24) is 0 Å². The lowest BCUT2D eigenvalue weighted by molar-refractivity contribution is -0.117. The minimum absolute atomic E-state index is 0.0274. The van der Waals surface area contributed by atoms with Crippen LogP contribution >= 0.6 is 12.6 Å². The summed E-state index contributed by atoms with van der Waals surface area (Å²) in [4.78, 5) is 13.3. The van der Waals surface area contributed by atoms with Gasteiger partial charge in [0.1, 0.15) is 5.75 Å². The summed E-state index contributed by atoms with van der Waals surface area (Å²) in [5.74, 6) is 0.186. The van der Waals surface area contributed by atoms with Gasteiger partial charge in [-0.25, -0.2) is 0 Å². The highest BCUT2D eigenvalue weighted by atomic mass is 32.1. The first-order valence-electron chi connectivity index (χ1n) is 4.86. The van der Waals surface area contributed by atoms with E-state index in [1.807, 2.05) is 13.0 Å². The smallest absolute Gasteiger partial charge is 0.228 e. The van der Waals surface area contributed by atoms with Crippen molar-refractivity contribution < 1.29 is 9.90 Å². The number of hydrogen-bond donors (Lipinski definition) is 2. The normalized spacial score (nSPS) is 21.1. The van der Waals surface area contributed by atoms with Gasteiger partial charge < -0.3 is 10.0 Å². The van der Waals surface area contributed by atoms with Gasteiger partial charge in [0.2, 0.25) is 5.91 Å². The molecule has 80 valence electrons. The molecule has 1 N–H and O–H groups in total. The third kappa shape index (κ3) is 1.81. The summed E-state index contributed by atoms with van der Waals surface area (Å²) in [6.45, 7) is 2.45. The van der Waals surface area contributed by atoms with Crippen LogP contribution < -0.4 is 4.90 Å². The lowest BCUT2D eigenvalue weighted by Gasteiger charge is -2.19. The second kappa shape index (κ2) is 3.77. The fourth-order valence-electron chi connectivity index (χ4n) is 1.90. The third-order valence-electron chi connectivity index (χ3n) is 2.59. The number of carbonyl (C=O) groups is 1. The summed E-state index contributed by atoms with van der Waals surface area (Å²) >= 11 is 4.29. The van der Waals surface area contributed by atoms with Crippen LogP contribution in [0, 0.1) is 6.92 Å². The summed E-state index contributed by atoms with van der Waals surface area (Å²) in [6, 6.07) is 5.25. The van der Waals surface area contributed by atoms with Gasteiger partial charge in [-0.05, 0) is 18.6 Å². The monoisotopic (exact) mass is 223 g/mol. The number of thiol groups is 1. The number of para-hydroxylation sites is 1. The molecule has 0 bridgehead atoms. The van der Waals surface area contributed by atoms with Crippen molar-refractivity contribution in [3.8, 4) is 5.75 Å². The zero-order chi connectivity index (χ0) is 11.0. The Morgan fingerprint density at radius 3 is 2.80 bits per heavy atom. The van der Waals surface area contributed by atoms with E-state index in [-0.39, 0.29) is 16.9 Å². The Labute approximate surface area is 94.1 Å². The molecule has 0 aliphatic carbocycles. The summed E-state index contributed by atoms with van der Waals surface area (Å²) < 4.78 is 0. The maximum Gasteiger partial charge on any atom is 0.228 e. The lowest BCUT2D eigenvalue weighted by Crippen LogP contribution is -2.25. The number of rotatable bonds is 1. The SMILES string of the molecule is Cc1cccc(O)c1N1CC(S)CC1=O. The van der Waals surface area contributed by atoms with Gasteiger partial charge in [-0.1, -0.05) is 12.1 Å². The molecule has 1 unspecified atom stereocenters. The first kappa shape index (κ1) is 10.4. The molecule has 1 aromatic carbocycles. The van der Waals surface area contributed by atoms with E-state index in [1.165, 1.54) is 0 Å². The summed E-state index contributed by atoms with van der Waals surface area (Å²) in [5, 5.41) is 9.80. The molecule has 0 spiro atoms. The lowest BCUT2D eigenvalue weighted by atomic mass is 10.1. The molecule has 1 heterocycles. The van der Waals surface area contributed by atoms with Crippen molar-refractivity contribution >= 4 is 24.2 Å². The fraction of sp³-hybridized carbons (Fsp3) is 0.364. The largest absolute Gasteiger partial charge is 0.506 e. The molecule has 1 aliphatic rings. The molecule has 2 rings (SSSR count). The molecule has 1 atom stereocenters. The Balaban J connectivity index is 2.41. The predicted molar refractivity (Wildman–Crippen MR) is 62.6 cm³/mol. The Hall–Kier alpha value is -1.16. The second-order valence-corrected chi connectivity index (χ2v) is 4.54. The molecule has 4 heteroatoms. The molecule has 1 aromatic rings. The number of phenols is 1. The quantitative estimate of drug-likeness (QED) is 0.712. The Morgan fingerprint density at radius 2 is 2.27 bits per heavy atom. The van der Waals surface area contributed by atoms with Crippen molar-refractivity contribution in [3.63, 3.8) is 0 Å². The van der Waals surface area contributed by atoms with Gasteiger partial charge in [0.05, 0.1) is 5.69 Å². The van der Waals surface area contributed by atoms with Crippen LogP contribution in [0.1, 0.15) is 12.0 Å². The zero-order valence-electron chi connectivity index (χ0n) is 8.47. The number of amides is 1. The van der Waals surface area contributed by atoms with E-state index in [2.05, 4.69) is 12.6 Å². The van der Waals surface area contributed by atoms with Crippen LogP contribution in [0.3, 0.4) is 0 Å². The number of phenolic OH excluding ortho intramolecular Hbond substituents is 1. The van der Waals surface area contributed by atoms with E-state index in [4.69, 9.17) is 0 Å². The first-order valence-corrected chi connectivity index (χ1v) is 5.38. The highest BCUT2D eigenvalue weighted by Gasteiger charge is 2.30. The highest BCUT2D eigenvalue weighted by molar-refractivity contribution is 7.81. The molecule has 0 saturated carbocycles. The molecule has 3 nitrogen and oxygen atoms in total. The topological polar surface area (TPSA) is 40.5 Å². The van der Waals surface area contributed by atoms with Crippen LogP contribution in [0.5, 0.6) is 5.75 Å². The van der Waals surface area contributed by atoms with Crippen molar-refractivity contribution in [2.24, 2.45) is 0 Å². The number of hydrogen-bond acceptors (Lipinski definition) is 3. The van der Waals surface area contributed by atoms with Crippen LogP contribution in [-0.2, 0) is 4.79 Å². The second-order valence-electron chi connectivity index (χ2n) is 3.80. The molecule has 1 saturated heterocycles. The fourth-order valence-corrected chi connectivity index (χ4v) is 2.22. The van der Waals surface area contributed by atoms with E-state index in [0.29, 0.717) is 18.7 Å². The van der Waals surface area contributed by atoms with Crippen LogP contribution in [0.15, 0.2) is 18.2 Å². The Bertz CT molecular complexity index is 385. The van der Waals surface area contributed by atoms with Crippen LogP contribution in [0.2, 0.25) is 0 Å². The highest BCUT2D eigenvalue weighted by Crippen LogP contribution is 2.34. The van der Waals surface area contributed by atoms with Crippen molar-refractivity contribution in [2.45, 2.75) is 18.6 Å². The average Bonchev–Trinajstić information content (AvgIpc) is 2.45. The molecule has 0 aromatic heterocycles. The molecule has 1 aliphatic heterocycles. The van der Waals surface area contributed by atoms with Crippen molar-refractivity contribution in [1.29, 1.82) is 0 Å². The average molecular weight is 223 g/mol. The summed E-state index contributed by atoms with van der Waals surface area (Å²) in [7, 11) is 0. The Morgan fingerprint density at radius 1 is 1.53 bits per heavy atom. The molecule has 1 fully saturated rings. The van der Waals surface area contributed by atoms with Crippen molar-refractivity contribution in [2.75, 3.05) is 11.4 Å². The van der Waals surface area contributed by atoms with E-state index in [9.17, 15) is 9.90 Å². The van der Waals surface area contributed by atoms with Gasteiger partial charge in [0.15, 0.2) is 0 Å². The first-order chi connectivity index (χ1) is 7.09. The van der Waals surface area contributed by atoms with Gasteiger partial charge in [-0.2, -0.15) is 12.6 Å². The van der Waals surface area contributed by atoms with E-state index in [1.54, 1.807) is 17.0 Å². The standard InChI is InChI=1S/C11H13NO2S/c1-7-3-2-4-9(13)11(7)12-6-8(15)5-10(12)14/h2-4,8,13,15H,5-6H2,1H3. The predicted octanol–water partition coefficient (Wildman–Crippen LogP) is 1.74. The molecule has 1 amide bonds. The number of aromatic hydroxyl groups is 1. The molecular formula is C11H13NO2S. The maximum absolute atomic E-state index is 11.7. The van der Waals surface area contributed by atoms with Crippen molar-refractivity contribution in [3.05, 3.63) is 23.8 Å². The molecule has 0 radical (unpaired) electrons. The summed E-state index contributed by atoms with van der Waals surface area (Å²) in [5.41, 5.74) is 1.53. The van der Waals surface area contributed by atoms with Crippen LogP contribution in [-0.4, -0.2) is 22.8 Å². The van der Waals surface area contributed by atoms with Crippen LogP contribution in [0.4, 0.5) is 5.69 Å². The maximum atomic E-state index is 11.7. The zero-order valence-corrected chi connectivity index (χ0v) is 9.37. The number of carbonyl (C=O) groups excluding carboxylic acids is 1.